The van der Waals surface area contributed by atoms with E-state index in [-0.39, 0.29) is 36.2 Å². The normalized spacial score (nSPS) is 20.3. The lowest BCUT2D eigenvalue weighted by Gasteiger charge is -2.32. The molecule has 8 N–H and O–H groups in total. The Morgan fingerprint density at radius 1 is 1.15 bits per heavy atom. The number of hydrogen-bond acceptors (Lipinski definition) is 7. The highest BCUT2D eigenvalue weighted by Crippen LogP contribution is 2.33. The molecule has 0 saturated heterocycles. The summed E-state index contributed by atoms with van der Waals surface area (Å²) < 4.78 is 39.3. The van der Waals surface area contributed by atoms with E-state index in [4.69, 9.17) is 40.1 Å². The number of primary amides is 1. The van der Waals surface area contributed by atoms with E-state index in [1.807, 2.05) is 0 Å². The number of amidine groups is 1. The number of benzene rings is 2. The standard InChI is InChI=1S/C26H27Cl2F3N6O4/c27-15-6-4-14(5-7-15)22(33)37(13-21(38)26(29,30)31)24(40)35-12-19(32)18-8-9-25(41,23(34)39)11-20(18)36-17-3-1-2-16(28)10-17/h1-7,10,21,33,38,41H,8-9,11-13,32H2,(H2,34,39)(H,35,40)/b19-18-,33-22?,36-20?/t21-,25?/m0/s1. The minimum atomic E-state index is -5.05. The average molecular weight is 615 g/mol. The second-order valence-electron chi connectivity index (χ2n) is 9.30. The molecule has 1 aliphatic rings. The Balaban J connectivity index is 1.89. The maximum atomic E-state index is 13.1. The molecule has 3 rings (SSSR count). The first-order valence-corrected chi connectivity index (χ1v) is 12.8. The molecule has 1 fully saturated rings. The average Bonchev–Trinajstić information content (AvgIpc) is 2.89. The summed E-state index contributed by atoms with van der Waals surface area (Å²) in [5.74, 6) is -1.58. The fourth-order valence-corrected chi connectivity index (χ4v) is 4.31. The van der Waals surface area contributed by atoms with Gasteiger partial charge in [-0.25, -0.2) is 4.79 Å². The Morgan fingerprint density at radius 2 is 1.80 bits per heavy atom. The lowest BCUT2D eigenvalue weighted by atomic mass is 9.79. The molecule has 1 saturated carbocycles. The molecule has 3 amide bonds. The van der Waals surface area contributed by atoms with Gasteiger partial charge in [0.05, 0.1) is 18.8 Å². The number of carbonyl (C=O) groups is 2. The third-order valence-electron chi connectivity index (χ3n) is 6.31. The molecule has 2 aromatic carbocycles. The zero-order valence-electron chi connectivity index (χ0n) is 21.4. The van der Waals surface area contributed by atoms with E-state index >= 15 is 0 Å². The molecule has 2 atom stereocenters. The monoisotopic (exact) mass is 614 g/mol. The van der Waals surface area contributed by atoms with Crippen molar-refractivity contribution < 1.29 is 33.0 Å². The zero-order chi connectivity index (χ0) is 30.5. The molecule has 1 aliphatic carbocycles. The molecule has 15 heteroatoms. The van der Waals surface area contributed by atoms with Crippen LogP contribution in [0.4, 0.5) is 23.7 Å². The minimum absolute atomic E-state index is 0.0393. The van der Waals surface area contributed by atoms with E-state index in [0.717, 1.165) is 0 Å². The Hall–Kier alpha value is -3.65. The van der Waals surface area contributed by atoms with Crippen LogP contribution < -0.4 is 16.8 Å². The van der Waals surface area contributed by atoms with Gasteiger partial charge in [-0.05, 0) is 60.9 Å². The number of aliphatic imine (C=N–C) groups is 1. The maximum Gasteiger partial charge on any atom is 0.416 e. The van der Waals surface area contributed by atoms with Crippen molar-refractivity contribution in [3.8, 4) is 0 Å². The number of halogens is 5. The summed E-state index contributed by atoms with van der Waals surface area (Å²) in [5, 5.41) is 31.7. The van der Waals surface area contributed by atoms with Crippen molar-refractivity contribution in [2.45, 2.75) is 37.1 Å². The molecule has 220 valence electrons. The van der Waals surface area contributed by atoms with Crippen LogP contribution in [0.25, 0.3) is 0 Å². The number of carbonyl (C=O) groups excluding carboxylic acids is 2. The van der Waals surface area contributed by atoms with Gasteiger partial charge in [-0.2, -0.15) is 13.2 Å². The number of nitrogens with two attached hydrogens (primary N) is 2. The van der Waals surface area contributed by atoms with Crippen LogP contribution in [0.3, 0.4) is 0 Å². The third kappa shape index (κ3) is 8.19. The van der Waals surface area contributed by atoms with Gasteiger partial charge in [0.2, 0.25) is 5.91 Å². The SMILES string of the molecule is N=C(c1ccc(Cl)cc1)N(C[C@H](O)C(F)(F)F)C(=O)NC/C(N)=C1\CCC(O)(C(N)=O)CC1=Nc1cccc(Cl)c1. The highest BCUT2D eigenvalue weighted by molar-refractivity contribution is 6.31. The predicted octanol–water partition coefficient (Wildman–Crippen LogP) is 3.64. The smallest absolute Gasteiger partial charge is 0.400 e. The number of alkyl halides is 3. The van der Waals surface area contributed by atoms with Gasteiger partial charge in [-0.3, -0.25) is 20.1 Å². The fourth-order valence-electron chi connectivity index (χ4n) is 4.00. The molecule has 41 heavy (non-hydrogen) atoms. The molecule has 0 bridgehead atoms. The first kappa shape index (κ1) is 31.9. The highest BCUT2D eigenvalue weighted by atomic mass is 35.5. The van der Waals surface area contributed by atoms with Gasteiger partial charge in [0, 0.05) is 33.4 Å². The van der Waals surface area contributed by atoms with Gasteiger partial charge in [0.15, 0.2) is 6.10 Å². The molecular weight excluding hydrogens is 588 g/mol. The van der Waals surface area contributed by atoms with Gasteiger partial charge in [0.1, 0.15) is 11.4 Å². The minimum Gasteiger partial charge on any atom is -0.400 e. The number of aliphatic hydroxyl groups excluding tert-OH is 1. The van der Waals surface area contributed by atoms with Crippen molar-refractivity contribution in [2.75, 3.05) is 13.1 Å². The largest absolute Gasteiger partial charge is 0.416 e. The lowest BCUT2D eigenvalue weighted by Crippen LogP contribution is -2.51. The molecule has 1 unspecified atom stereocenters. The molecule has 0 aromatic heterocycles. The second kappa shape index (κ2) is 12.9. The fraction of sp³-hybridized carbons (Fsp3) is 0.308. The van der Waals surface area contributed by atoms with Crippen molar-refractivity contribution in [1.82, 2.24) is 10.2 Å². The summed E-state index contributed by atoms with van der Waals surface area (Å²) >= 11 is 11.9. The van der Waals surface area contributed by atoms with Crippen LogP contribution in [0.5, 0.6) is 0 Å². The van der Waals surface area contributed by atoms with Crippen molar-refractivity contribution >= 4 is 52.4 Å². The van der Waals surface area contributed by atoms with Crippen LogP contribution in [-0.2, 0) is 4.79 Å². The lowest BCUT2D eigenvalue weighted by molar-refractivity contribution is -0.204. The Labute approximate surface area is 242 Å². The second-order valence-corrected chi connectivity index (χ2v) is 10.2. The maximum absolute atomic E-state index is 13.1. The Bertz CT molecular complexity index is 1380. The van der Waals surface area contributed by atoms with E-state index in [1.165, 1.54) is 30.3 Å². The number of amides is 3. The van der Waals surface area contributed by atoms with Gasteiger partial charge in [0.25, 0.3) is 0 Å². The topological polar surface area (TPSA) is 178 Å². The molecule has 0 spiro atoms. The summed E-state index contributed by atoms with van der Waals surface area (Å²) in [6.07, 6.45) is -8.32. The van der Waals surface area contributed by atoms with E-state index in [0.29, 0.717) is 26.2 Å². The van der Waals surface area contributed by atoms with Crippen LogP contribution >= 0.6 is 23.2 Å². The summed E-state index contributed by atoms with van der Waals surface area (Å²) in [6, 6.07) is 10.7. The van der Waals surface area contributed by atoms with Crippen LogP contribution in [0.1, 0.15) is 24.8 Å². The summed E-state index contributed by atoms with van der Waals surface area (Å²) in [7, 11) is 0. The van der Waals surface area contributed by atoms with E-state index in [2.05, 4.69) is 10.3 Å². The highest BCUT2D eigenvalue weighted by Gasteiger charge is 2.42. The Kier molecular flexibility index (Phi) is 10.0. The van der Waals surface area contributed by atoms with Gasteiger partial charge in [-0.15, -0.1) is 0 Å². The molecule has 2 aromatic rings. The zero-order valence-corrected chi connectivity index (χ0v) is 22.9. The van der Waals surface area contributed by atoms with E-state index in [1.54, 1.807) is 18.2 Å². The number of allylic oxidation sites excluding steroid dienone is 1. The molecule has 0 aliphatic heterocycles. The Morgan fingerprint density at radius 3 is 2.39 bits per heavy atom. The molecule has 10 nitrogen and oxygen atoms in total. The summed E-state index contributed by atoms with van der Waals surface area (Å²) in [4.78, 5) is 29.8. The van der Waals surface area contributed by atoms with Crippen LogP contribution in [0.15, 0.2) is 64.8 Å². The van der Waals surface area contributed by atoms with E-state index in [9.17, 15) is 33.0 Å². The van der Waals surface area contributed by atoms with Crippen LogP contribution in [-0.4, -0.2) is 69.6 Å². The third-order valence-corrected chi connectivity index (χ3v) is 6.80. The molecular formula is C26H27Cl2F3N6O4. The van der Waals surface area contributed by atoms with Crippen molar-refractivity contribution in [2.24, 2.45) is 16.5 Å². The number of aliphatic hydroxyl groups is 2. The number of urea groups is 1. The van der Waals surface area contributed by atoms with Crippen molar-refractivity contribution in [1.29, 1.82) is 5.41 Å². The molecule has 0 radical (unpaired) electrons. The van der Waals surface area contributed by atoms with Crippen molar-refractivity contribution in [3.63, 3.8) is 0 Å². The van der Waals surface area contributed by atoms with Gasteiger partial charge in [-0.1, -0.05) is 29.3 Å². The molecule has 0 heterocycles. The first-order valence-electron chi connectivity index (χ1n) is 12.1. The number of rotatable bonds is 7. The van der Waals surface area contributed by atoms with Gasteiger partial charge >= 0.3 is 12.2 Å². The summed E-state index contributed by atoms with van der Waals surface area (Å²) in [6.45, 7) is -1.66. The van der Waals surface area contributed by atoms with Crippen LogP contribution in [0.2, 0.25) is 10.0 Å². The van der Waals surface area contributed by atoms with Crippen LogP contribution in [0, 0.1) is 5.41 Å². The number of nitrogens with one attached hydrogen (secondary N) is 2. The van der Waals surface area contributed by atoms with Gasteiger partial charge < -0.3 is 27.0 Å². The number of nitrogens with zero attached hydrogens (tertiary/aromatic N) is 2. The first-order chi connectivity index (χ1) is 19.1. The van der Waals surface area contributed by atoms with Crippen molar-refractivity contribution in [3.05, 3.63) is 75.4 Å². The number of hydrogen-bond donors (Lipinski definition) is 6. The quantitative estimate of drug-likeness (QED) is 0.205. The van der Waals surface area contributed by atoms with E-state index < -0.39 is 48.7 Å². The predicted molar refractivity (Wildman–Crippen MR) is 148 cm³/mol. The summed E-state index contributed by atoms with van der Waals surface area (Å²) in [5.41, 5.74) is 10.8.